The van der Waals surface area contributed by atoms with Gasteiger partial charge in [0.15, 0.2) is 0 Å². The lowest BCUT2D eigenvalue weighted by Crippen LogP contribution is -2.42. The van der Waals surface area contributed by atoms with Crippen LogP contribution >= 0.6 is 0 Å². The lowest BCUT2D eigenvalue weighted by atomic mass is 10.0. The van der Waals surface area contributed by atoms with Gasteiger partial charge in [-0.15, -0.1) is 0 Å². The molecule has 0 bridgehead atoms. The summed E-state index contributed by atoms with van der Waals surface area (Å²) in [5, 5.41) is 19.9. The van der Waals surface area contributed by atoms with Crippen molar-refractivity contribution in [3.63, 3.8) is 0 Å². The van der Waals surface area contributed by atoms with Crippen molar-refractivity contribution in [2.24, 2.45) is 0 Å². The highest BCUT2D eigenvalue weighted by Gasteiger charge is 2.24. The number of fused-ring (bicyclic) bond motifs is 2. The Kier molecular flexibility index (Phi) is 8.10. The average molecular weight is 600 g/mol. The summed E-state index contributed by atoms with van der Waals surface area (Å²) in [4.78, 5) is 58.2. The Balaban J connectivity index is 1.16. The van der Waals surface area contributed by atoms with E-state index in [2.05, 4.69) is 25.9 Å². The van der Waals surface area contributed by atoms with E-state index in [0.717, 1.165) is 32.9 Å². The first-order valence-electron chi connectivity index (χ1n) is 14.3. The van der Waals surface area contributed by atoms with Crippen molar-refractivity contribution in [2.45, 2.75) is 18.9 Å². The van der Waals surface area contributed by atoms with E-state index >= 15 is 0 Å². The number of aromatic nitrogens is 2. The molecule has 0 aliphatic heterocycles. The molecule has 0 unspecified atom stereocenters. The quantitative estimate of drug-likeness (QED) is 0.123. The Morgan fingerprint density at radius 3 is 1.78 bits per heavy atom. The number of nitrogens with one attached hydrogen (secondary N) is 5. The minimum atomic E-state index is -1.21. The number of amides is 3. The fraction of sp³-hybridized carbons (Fsp3) is 0.0857. The molecular formula is C35H29N5O5. The first-order chi connectivity index (χ1) is 21.9. The molecule has 0 saturated carbocycles. The number of carbonyl (C=O) groups excluding carboxylic acids is 3. The molecule has 2 heterocycles. The predicted molar refractivity (Wildman–Crippen MR) is 172 cm³/mol. The predicted octanol–water partition coefficient (Wildman–Crippen LogP) is 5.51. The van der Waals surface area contributed by atoms with Gasteiger partial charge in [0.1, 0.15) is 6.04 Å². The zero-order valence-corrected chi connectivity index (χ0v) is 24.0. The number of hydrogen-bond acceptors (Lipinski definition) is 4. The Hall–Kier alpha value is -6.16. The number of H-pyrrole nitrogens is 2. The first kappa shape index (κ1) is 28.9. The number of hydrogen-bond donors (Lipinski definition) is 6. The molecule has 4 aromatic carbocycles. The molecule has 0 radical (unpaired) electrons. The Bertz CT molecular complexity index is 2060. The second-order valence-electron chi connectivity index (χ2n) is 10.6. The van der Waals surface area contributed by atoms with Crippen LogP contribution in [0.4, 0.5) is 11.4 Å². The van der Waals surface area contributed by atoms with Crippen LogP contribution in [0.3, 0.4) is 0 Å². The van der Waals surface area contributed by atoms with Crippen molar-refractivity contribution in [3.8, 4) is 0 Å². The highest BCUT2D eigenvalue weighted by molar-refractivity contribution is 6.13. The topological polar surface area (TPSA) is 156 Å². The maximum absolute atomic E-state index is 13.5. The van der Waals surface area contributed by atoms with Crippen LogP contribution in [0.2, 0.25) is 0 Å². The molecule has 2 aromatic heterocycles. The highest BCUT2D eigenvalue weighted by Crippen LogP contribution is 2.23. The number of carboxylic acids is 1. The average Bonchev–Trinajstić information content (AvgIpc) is 3.65. The van der Waals surface area contributed by atoms with E-state index in [0.29, 0.717) is 5.69 Å². The minimum Gasteiger partial charge on any atom is -0.480 e. The molecule has 0 saturated heterocycles. The number of anilines is 2. The van der Waals surface area contributed by atoms with Gasteiger partial charge in [0.05, 0.1) is 28.9 Å². The number of carboxylic acid groups (broad SMARTS) is 1. The summed E-state index contributed by atoms with van der Waals surface area (Å²) in [6, 6.07) is 26.9. The van der Waals surface area contributed by atoms with Crippen molar-refractivity contribution >= 4 is 56.9 Å². The van der Waals surface area contributed by atoms with Crippen LogP contribution in [-0.2, 0) is 22.4 Å². The molecule has 0 spiro atoms. The van der Waals surface area contributed by atoms with Crippen molar-refractivity contribution in [1.29, 1.82) is 0 Å². The van der Waals surface area contributed by atoms with Gasteiger partial charge in [-0.3, -0.25) is 14.4 Å². The van der Waals surface area contributed by atoms with Gasteiger partial charge in [-0.1, -0.05) is 60.7 Å². The van der Waals surface area contributed by atoms with Crippen LogP contribution in [0.5, 0.6) is 0 Å². The van der Waals surface area contributed by atoms with E-state index < -0.39 is 23.8 Å². The summed E-state index contributed by atoms with van der Waals surface area (Å²) in [6.45, 7) is 0. The molecule has 0 aliphatic rings. The van der Waals surface area contributed by atoms with Crippen LogP contribution in [0.1, 0.15) is 31.8 Å². The zero-order valence-electron chi connectivity index (χ0n) is 24.0. The SMILES string of the molecule is O=C(Cc1c[nH]c2ccccc12)Nc1ccccc1C(=O)Nc1ccccc1C(=O)N[C@H](Cc1c[nH]c2ccccc12)C(=O)O. The Morgan fingerprint density at radius 2 is 1.13 bits per heavy atom. The number of aromatic amines is 2. The fourth-order valence-electron chi connectivity index (χ4n) is 5.37. The van der Waals surface area contributed by atoms with Crippen molar-refractivity contribution in [1.82, 2.24) is 15.3 Å². The van der Waals surface area contributed by atoms with Crippen LogP contribution in [0.25, 0.3) is 21.8 Å². The summed E-state index contributed by atoms with van der Waals surface area (Å²) >= 11 is 0. The third-order valence-corrected chi connectivity index (χ3v) is 7.59. The van der Waals surface area contributed by atoms with E-state index in [9.17, 15) is 24.3 Å². The minimum absolute atomic E-state index is 0.0608. The van der Waals surface area contributed by atoms with E-state index in [1.807, 2.05) is 48.5 Å². The number of carbonyl (C=O) groups is 4. The van der Waals surface area contributed by atoms with Gasteiger partial charge in [-0.05, 0) is 47.5 Å². The summed E-state index contributed by atoms with van der Waals surface area (Å²) in [6.07, 6.45) is 3.69. The molecule has 6 aromatic rings. The van der Waals surface area contributed by atoms with Gasteiger partial charge in [0.2, 0.25) is 5.91 Å². The molecule has 1 atom stereocenters. The van der Waals surface area contributed by atoms with Crippen molar-refractivity contribution in [2.75, 3.05) is 10.6 Å². The summed E-state index contributed by atoms with van der Waals surface area (Å²) < 4.78 is 0. The first-order valence-corrected chi connectivity index (χ1v) is 14.3. The maximum atomic E-state index is 13.5. The molecule has 6 rings (SSSR count). The standard InChI is InChI=1S/C35H29N5O5/c41-32(18-22-20-37-28-14-6-2-10-24(22)28)38-29-15-7-3-11-25(29)33(42)39-30-16-8-4-12-26(30)34(43)40-31(35(44)45)17-21-19-36-27-13-5-1-9-23(21)27/h1-16,19-20,31,36-37H,17-18H2,(H,38,41)(H,39,42)(H,40,43)(H,44,45)/t31-/m1/s1. The van der Waals surface area contributed by atoms with Crippen LogP contribution in [0, 0.1) is 0 Å². The smallest absolute Gasteiger partial charge is 0.326 e. The van der Waals surface area contributed by atoms with Gasteiger partial charge in [0.25, 0.3) is 11.8 Å². The van der Waals surface area contributed by atoms with Gasteiger partial charge in [-0.25, -0.2) is 4.79 Å². The maximum Gasteiger partial charge on any atom is 0.326 e. The van der Waals surface area contributed by atoms with Gasteiger partial charge >= 0.3 is 5.97 Å². The second-order valence-corrected chi connectivity index (χ2v) is 10.6. The Morgan fingerprint density at radius 1 is 0.622 bits per heavy atom. The van der Waals surface area contributed by atoms with E-state index in [-0.39, 0.29) is 35.6 Å². The lowest BCUT2D eigenvalue weighted by molar-refractivity contribution is -0.139. The van der Waals surface area contributed by atoms with Crippen molar-refractivity contribution < 1.29 is 24.3 Å². The molecule has 45 heavy (non-hydrogen) atoms. The normalized spacial score (nSPS) is 11.6. The highest BCUT2D eigenvalue weighted by atomic mass is 16.4. The largest absolute Gasteiger partial charge is 0.480 e. The van der Waals surface area contributed by atoms with E-state index in [4.69, 9.17) is 0 Å². The van der Waals surface area contributed by atoms with Gasteiger partial charge in [0, 0.05) is 40.6 Å². The summed E-state index contributed by atoms with van der Waals surface area (Å²) in [7, 11) is 0. The molecule has 10 heteroatoms. The molecule has 224 valence electrons. The Labute approximate surface area is 257 Å². The van der Waals surface area contributed by atoms with Gasteiger partial charge < -0.3 is 31.0 Å². The van der Waals surface area contributed by atoms with Crippen LogP contribution in [-0.4, -0.2) is 44.8 Å². The number of para-hydroxylation sites is 4. The number of rotatable bonds is 10. The van der Waals surface area contributed by atoms with Crippen molar-refractivity contribution in [3.05, 3.63) is 132 Å². The molecular weight excluding hydrogens is 570 g/mol. The third kappa shape index (κ3) is 6.30. The van der Waals surface area contributed by atoms with Gasteiger partial charge in [-0.2, -0.15) is 0 Å². The number of benzene rings is 4. The molecule has 6 N–H and O–H groups in total. The molecule has 0 aliphatic carbocycles. The van der Waals surface area contributed by atoms with Crippen LogP contribution < -0.4 is 16.0 Å². The summed E-state index contributed by atoms with van der Waals surface area (Å²) in [5.74, 6) is -2.69. The third-order valence-electron chi connectivity index (χ3n) is 7.59. The number of aliphatic carboxylic acids is 1. The molecule has 3 amide bonds. The molecule has 10 nitrogen and oxygen atoms in total. The van der Waals surface area contributed by atoms with Crippen LogP contribution in [0.15, 0.2) is 109 Å². The summed E-state index contributed by atoms with van der Waals surface area (Å²) in [5.41, 5.74) is 4.17. The monoisotopic (exact) mass is 599 g/mol. The van der Waals surface area contributed by atoms with E-state index in [1.54, 1.807) is 54.9 Å². The second kappa shape index (κ2) is 12.6. The fourth-order valence-corrected chi connectivity index (χ4v) is 5.37. The molecule has 0 fully saturated rings. The zero-order chi connectivity index (χ0) is 31.3. The van der Waals surface area contributed by atoms with E-state index in [1.165, 1.54) is 6.07 Å². The lowest BCUT2D eigenvalue weighted by Gasteiger charge is -2.17.